The highest BCUT2D eigenvalue weighted by Gasteiger charge is 2.32. The fourth-order valence-corrected chi connectivity index (χ4v) is 5.24. The molecule has 8 nitrogen and oxygen atoms in total. The number of ether oxygens (including phenoxy) is 1. The number of hydrogen-bond acceptors (Lipinski definition) is 5. The van der Waals surface area contributed by atoms with E-state index in [-0.39, 0.29) is 17.1 Å². The van der Waals surface area contributed by atoms with Crippen LogP contribution in [0.15, 0.2) is 77.7 Å². The maximum atomic E-state index is 13.7. The van der Waals surface area contributed by atoms with Crippen LogP contribution in [0.25, 0.3) is 0 Å². The minimum absolute atomic E-state index is 0.0611. The van der Waals surface area contributed by atoms with E-state index in [0.29, 0.717) is 24.5 Å². The van der Waals surface area contributed by atoms with Gasteiger partial charge >= 0.3 is 0 Å². The zero-order chi connectivity index (χ0) is 28.6. The summed E-state index contributed by atoms with van der Waals surface area (Å²) in [4.78, 5) is 27.5. The van der Waals surface area contributed by atoms with Crippen molar-refractivity contribution in [2.75, 3.05) is 24.0 Å². The van der Waals surface area contributed by atoms with Gasteiger partial charge in [0.1, 0.15) is 30.0 Å². The second-order valence-corrected chi connectivity index (χ2v) is 10.5. The quantitative estimate of drug-likeness (QED) is 0.360. The molecule has 1 atom stereocenters. The molecule has 0 radical (unpaired) electrons. The molecule has 2 amide bonds. The standard InChI is InChI=1S/C28H31F2N3O5S/c1-4-31-28(35)20(3)32(18-21-6-8-22(29)9-7-21)27(34)19-33(24-12-10-23(30)11-13-24)39(36,37)26-16-14-25(15-17-26)38-5-2/h6-17,20H,4-5,18-19H2,1-3H3,(H,31,35)/t20-/m1/s1. The van der Waals surface area contributed by atoms with E-state index in [9.17, 15) is 26.8 Å². The highest BCUT2D eigenvalue weighted by molar-refractivity contribution is 7.92. The average molecular weight is 560 g/mol. The Kier molecular flexibility index (Phi) is 10.00. The largest absolute Gasteiger partial charge is 0.494 e. The summed E-state index contributed by atoms with van der Waals surface area (Å²) in [7, 11) is -4.30. The minimum Gasteiger partial charge on any atom is -0.494 e. The lowest BCUT2D eigenvalue weighted by Crippen LogP contribution is -2.51. The Balaban J connectivity index is 2.00. The summed E-state index contributed by atoms with van der Waals surface area (Å²) in [6.45, 7) is 5.04. The summed E-state index contributed by atoms with van der Waals surface area (Å²) >= 11 is 0. The first-order valence-electron chi connectivity index (χ1n) is 12.4. The first-order chi connectivity index (χ1) is 18.6. The van der Waals surface area contributed by atoms with Crippen molar-refractivity contribution in [3.8, 4) is 5.75 Å². The highest BCUT2D eigenvalue weighted by Crippen LogP contribution is 2.26. The number of benzene rings is 3. The number of sulfonamides is 1. The zero-order valence-corrected chi connectivity index (χ0v) is 22.8. The van der Waals surface area contributed by atoms with Gasteiger partial charge in [0.25, 0.3) is 10.0 Å². The lowest BCUT2D eigenvalue weighted by Gasteiger charge is -2.32. The van der Waals surface area contributed by atoms with Crippen molar-refractivity contribution in [3.05, 3.63) is 90.0 Å². The van der Waals surface area contributed by atoms with E-state index in [1.807, 2.05) is 0 Å². The molecule has 0 aliphatic heterocycles. The molecule has 208 valence electrons. The summed E-state index contributed by atoms with van der Waals surface area (Å²) in [6, 6.07) is 14.9. The van der Waals surface area contributed by atoms with Crippen LogP contribution in [0.1, 0.15) is 26.3 Å². The monoisotopic (exact) mass is 559 g/mol. The van der Waals surface area contributed by atoms with Gasteiger partial charge in [-0.05, 0) is 87.0 Å². The summed E-state index contributed by atoms with van der Waals surface area (Å²) in [6.07, 6.45) is 0. The van der Waals surface area contributed by atoms with Crippen LogP contribution in [0.2, 0.25) is 0 Å². The smallest absolute Gasteiger partial charge is 0.264 e. The number of likely N-dealkylation sites (N-methyl/N-ethyl adjacent to an activating group) is 1. The van der Waals surface area contributed by atoms with Crippen LogP contribution in [-0.2, 0) is 26.2 Å². The van der Waals surface area contributed by atoms with Crippen molar-refractivity contribution >= 4 is 27.5 Å². The van der Waals surface area contributed by atoms with E-state index in [4.69, 9.17) is 4.74 Å². The van der Waals surface area contributed by atoms with Gasteiger partial charge in [0, 0.05) is 13.1 Å². The molecular weight excluding hydrogens is 528 g/mol. The summed E-state index contributed by atoms with van der Waals surface area (Å²) in [5, 5.41) is 2.66. The third-order valence-corrected chi connectivity index (χ3v) is 7.69. The number of carbonyl (C=O) groups excluding carboxylic acids is 2. The highest BCUT2D eigenvalue weighted by atomic mass is 32.2. The van der Waals surface area contributed by atoms with Crippen LogP contribution in [0.4, 0.5) is 14.5 Å². The predicted molar refractivity (Wildman–Crippen MR) is 144 cm³/mol. The van der Waals surface area contributed by atoms with Gasteiger partial charge in [-0.3, -0.25) is 13.9 Å². The van der Waals surface area contributed by atoms with E-state index in [2.05, 4.69) is 5.32 Å². The number of anilines is 1. The van der Waals surface area contributed by atoms with Crippen molar-refractivity contribution in [1.29, 1.82) is 0 Å². The van der Waals surface area contributed by atoms with E-state index >= 15 is 0 Å². The molecule has 0 saturated carbocycles. The fraction of sp³-hybridized carbons (Fsp3) is 0.286. The lowest BCUT2D eigenvalue weighted by molar-refractivity contribution is -0.139. The van der Waals surface area contributed by atoms with Gasteiger partial charge in [0.2, 0.25) is 11.8 Å². The molecule has 0 aromatic heterocycles. The molecule has 0 spiro atoms. The molecule has 3 aromatic rings. The van der Waals surface area contributed by atoms with Crippen LogP contribution in [0.3, 0.4) is 0 Å². The molecule has 1 N–H and O–H groups in total. The second kappa shape index (κ2) is 13.2. The number of amides is 2. The van der Waals surface area contributed by atoms with Crippen LogP contribution < -0.4 is 14.4 Å². The van der Waals surface area contributed by atoms with E-state index in [1.165, 1.54) is 72.5 Å². The van der Waals surface area contributed by atoms with Gasteiger partial charge in [0.05, 0.1) is 17.2 Å². The van der Waals surface area contributed by atoms with Gasteiger partial charge < -0.3 is 15.0 Å². The lowest BCUT2D eigenvalue weighted by atomic mass is 10.1. The number of nitrogens with one attached hydrogen (secondary N) is 1. The van der Waals surface area contributed by atoms with E-state index in [1.54, 1.807) is 13.8 Å². The van der Waals surface area contributed by atoms with Crippen molar-refractivity contribution < 1.29 is 31.5 Å². The molecule has 0 bridgehead atoms. The molecule has 0 aliphatic rings. The van der Waals surface area contributed by atoms with Crippen molar-refractivity contribution in [3.63, 3.8) is 0 Å². The van der Waals surface area contributed by atoms with Crippen LogP contribution in [0.5, 0.6) is 5.75 Å². The van der Waals surface area contributed by atoms with E-state index in [0.717, 1.165) is 16.4 Å². The molecule has 3 aromatic carbocycles. The normalized spacial score (nSPS) is 11.9. The van der Waals surface area contributed by atoms with Crippen molar-refractivity contribution in [1.82, 2.24) is 10.2 Å². The summed E-state index contributed by atoms with van der Waals surface area (Å²) in [5.74, 6) is -1.68. The van der Waals surface area contributed by atoms with Gasteiger partial charge in [-0.2, -0.15) is 0 Å². The Bertz CT molecular complexity index is 1370. The molecule has 11 heteroatoms. The third kappa shape index (κ3) is 7.53. The number of nitrogens with zero attached hydrogens (tertiary/aromatic N) is 2. The Hall–Kier alpha value is -3.99. The number of hydrogen-bond donors (Lipinski definition) is 1. The van der Waals surface area contributed by atoms with E-state index < -0.39 is 46.1 Å². The van der Waals surface area contributed by atoms with Crippen LogP contribution in [0, 0.1) is 11.6 Å². The maximum Gasteiger partial charge on any atom is 0.264 e. The topological polar surface area (TPSA) is 96.0 Å². The van der Waals surface area contributed by atoms with Crippen molar-refractivity contribution in [2.45, 2.75) is 38.3 Å². The predicted octanol–water partition coefficient (Wildman–Crippen LogP) is 4.11. The van der Waals surface area contributed by atoms with Gasteiger partial charge in [-0.1, -0.05) is 12.1 Å². The maximum absolute atomic E-state index is 13.7. The summed E-state index contributed by atoms with van der Waals surface area (Å²) < 4.78 is 60.9. The first kappa shape index (κ1) is 29.6. The van der Waals surface area contributed by atoms with Gasteiger partial charge in [-0.25, -0.2) is 17.2 Å². The second-order valence-electron chi connectivity index (χ2n) is 8.61. The number of rotatable bonds is 12. The Morgan fingerprint density at radius 3 is 2.00 bits per heavy atom. The fourth-order valence-electron chi connectivity index (χ4n) is 3.83. The summed E-state index contributed by atoms with van der Waals surface area (Å²) in [5.41, 5.74) is 0.606. The molecule has 0 saturated heterocycles. The number of carbonyl (C=O) groups is 2. The van der Waals surface area contributed by atoms with Gasteiger partial charge in [0.15, 0.2) is 0 Å². The molecule has 3 rings (SSSR count). The Morgan fingerprint density at radius 2 is 1.46 bits per heavy atom. The number of halogens is 2. The van der Waals surface area contributed by atoms with Crippen LogP contribution in [-0.4, -0.2) is 50.9 Å². The molecule has 39 heavy (non-hydrogen) atoms. The molecule has 0 fully saturated rings. The first-order valence-corrected chi connectivity index (χ1v) is 13.8. The molecule has 0 aliphatic carbocycles. The zero-order valence-electron chi connectivity index (χ0n) is 21.9. The third-order valence-electron chi connectivity index (χ3n) is 5.90. The molecule has 0 heterocycles. The van der Waals surface area contributed by atoms with Crippen molar-refractivity contribution in [2.24, 2.45) is 0 Å². The Morgan fingerprint density at radius 1 is 0.897 bits per heavy atom. The Labute approximate surface area is 227 Å². The molecule has 0 unspecified atom stereocenters. The average Bonchev–Trinajstić information content (AvgIpc) is 2.92. The van der Waals surface area contributed by atoms with Crippen LogP contribution >= 0.6 is 0 Å². The molecular formula is C28H31F2N3O5S. The SMILES string of the molecule is CCNC(=O)[C@@H](C)N(Cc1ccc(F)cc1)C(=O)CN(c1ccc(F)cc1)S(=O)(=O)c1ccc(OCC)cc1. The minimum atomic E-state index is -4.30. The van der Waals surface area contributed by atoms with Gasteiger partial charge in [-0.15, -0.1) is 0 Å².